The van der Waals surface area contributed by atoms with E-state index in [0.717, 1.165) is 57.9 Å². The Morgan fingerprint density at radius 1 is 1.25 bits per heavy atom. The summed E-state index contributed by atoms with van der Waals surface area (Å²) in [5, 5.41) is 6.88. The lowest BCUT2D eigenvalue weighted by molar-refractivity contribution is -0.123. The lowest BCUT2D eigenvalue weighted by atomic mass is 9.97. The SMILES string of the molecule is CCNC(=NCCCN1CCCC(C(N)=O)C1)NC1CCCC1.I. The Morgan fingerprint density at radius 3 is 2.67 bits per heavy atom. The molecule has 4 N–H and O–H groups in total. The molecule has 0 aromatic heterocycles. The summed E-state index contributed by atoms with van der Waals surface area (Å²) in [7, 11) is 0. The number of piperidine rings is 1. The number of primary amides is 1. The number of carbonyl (C=O) groups excluding carboxylic acids is 1. The minimum absolute atomic E-state index is 0. The van der Waals surface area contributed by atoms with Gasteiger partial charge in [0, 0.05) is 25.7 Å². The largest absolute Gasteiger partial charge is 0.369 e. The molecule has 1 amide bonds. The molecule has 1 atom stereocenters. The number of likely N-dealkylation sites (tertiary alicyclic amines) is 1. The molecule has 7 heteroatoms. The van der Waals surface area contributed by atoms with Gasteiger partial charge in [-0.1, -0.05) is 12.8 Å². The summed E-state index contributed by atoms with van der Waals surface area (Å²) in [4.78, 5) is 18.4. The first-order chi connectivity index (χ1) is 11.2. The number of aliphatic imine (C=N–C) groups is 1. The van der Waals surface area contributed by atoms with Crippen LogP contribution < -0.4 is 16.4 Å². The van der Waals surface area contributed by atoms with Crippen molar-refractivity contribution in [2.45, 2.75) is 57.9 Å². The highest BCUT2D eigenvalue weighted by molar-refractivity contribution is 14.0. The van der Waals surface area contributed by atoms with Gasteiger partial charge in [0.1, 0.15) is 0 Å². The van der Waals surface area contributed by atoms with Gasteiger partial charge in [0.25, 0.3) is 0 Å². The van der Waals surface area contributed by atoms with Crippen LogP contribution in [0, 0.1) is 5.92 Å². The molecule has 6 nitrogen and oxygen atoms in total. The zero-order valence-corrected chi connectivity index (χ0v) is 17.3. The van der Waals surface area contributed by atoms with Crippen LogP contribution in [-0.2, 0) is 4.79 Å². The third-order valence-corrected chi connectivity index (χ3v) is 4.85. The molecule has 2 aliphatic rings. The molecule has 140 valence electrons. The quantitative estimate of drug-likeness (QED) is 0.238. The maximum Gasteiger partial charge on any atom is 0.221 e. The average molecular weight is 451 g/mol. The van der Waals surface area contributed by atoms with Gasteiger partial charge in [0.05, 0.1) is 5.92 Å². The number of hydrogen-bond acceptors (Lipinski definition) is 3. The van der Waals surface area contributed by atoms with Crippen LogP contribution in [0.2, 0.25) is 0 Å². The number of nitrogens with two attached hydrogens (primary N) is 1. The standard InChI is InChI=1S/C17H33N5O.HI/c1-2-19-17(21-15-8-3-4-9-15)20-10-6-12-22-11-5-7-14(13-22)16(18)23;/h14-15H,2-13H2,1H3,(H2,18,23)(H2,19,20,21);1H. The third kappa shape index (κ3) is 7.55. The summed E-state index contributed by atoms with van der Waals surface area (Å²) in [6, 6.07) is 0.589. The number of hydrogen-bond donors (Lipinski definition) is 3. The van der Waals surface area contributed by atoms with Gasteiger partial charge in [-0.05, 0) is 52.1 Å². The molecular formula is C17H34IN5O. The van der Waals surface area contributed by atoms with Gasteiger partial charge >= 0.3 is 0 Å². The van der Waals surface area contributed by atoms with E-state index < -0.39 is 0 Å². The fourth-order valence-corrected chi connectivity index (χ4v) is 3.56. The second kappa shape index (κ2) is 11.9. The number of carbonyl (C=O) groups is 1. The lowest BCUT2D eigenvalue weighted by Gasteiger charge is -2.30. The smallest absolute Gasteiger partial charge is 0.221 e. The zero-order chi connectivity index (χ0) is 16.5. The highest BCUT2D eigenvalue weighted by Gasteiger charge is 2.23. The molecule has 1 saturated heterocycles. The van der Waals surface area contributed by atoms with Gasteiger partial charge in [-0.15, -0.1) is 24.0 Å². The Hall–Kier alpha value is -0.570. The highest BCUT2D eigenvalue weighted by Crippen LogP contribution is 2.17. The predicted molar refractivity (Wildman–Crippen MR) is 110 cm³/mol. The molecule has 1 heterocycles. The van der Waals surface area contributed by atoms with E-state index in [-0.39, 0.29) is 35.8 Å². The van der Waals surface area contributed by atoms with Gasteiger partial charge in [-0.3, -0.25) is 9.79 Å². The number of amides is 1. The van der Waals surface area contributed by atoms with Gasteiger partial charge in [0.15, 0.2) is 5.96 Å². The Kier molecular flexibility index (Phi) is 10.6. The van der Waals surface area contributed by atoms with Crippen molar-refractivity contribution in [1.82, 2.24) is 15.5 Å². The van der Waals surface area contributed by atoms with Crippen molar-refractivity contribution in [2.24, 2.45) is 16.6 Å². The van der Waals surface area contributed by atoms with Crippen LogP contribution in [0.3, 0.4) is 0 Å². The van der Waals surface area contributed by atoms with Crippen molar-refractivity contribution in [3.63, 3.8) is 0 Å². The van der Waals surface area contributed by atoms with E-state index >= 15 is 0 Å². The van der Waals surface area contributed by atoms with E-state index in [1.807, 2.05) is 0 Å². The van der Waals surface area contributed by atoms with E-state index in [9.17, 15) is 4.79 Å². The number of nitrogens with zero attached hydrogens (tertiary/aromatic N) is 2. The Morgan fingerprint density at radius 2 is 2.00 bits per heavy atom. The summed E-state index contributed by atoms with van der Waals surface area (Å²) >= 11 is 0. The van der Waals surface area contributed by atoms with E-state index in [2.05, 4.69) is 22.5 Å². The second-order valence-corrected chi connectivity index (χ2v) is 6.78. The third-order valence-electron chi connectivity index (χ3n) is 4.85. The minimum Gasteiger partial charge on any atom is -0.369 e. The van der Waals surface area contributed by atoms with Crippen LogP contribution >= 0.6 is 24.0 Å². The first-order valence-corrected chi connectivity index (χ1v) is 9.25. The number of guanidine groups is 1. The molecule has 0 bridgehead atoms. The van der Waals surface area contributed by atoms with Crippen LogP contribution in [0.25, 0.3) is 0 Å². The average Bonchev–Trinajstić information content (AvgIpc) is 3.05. The molecule has 0 radical (unpaired) electrons. The van der Waals surface area contributed by atoms with Crippen LogP contribution in [0.15, 0.2) is 4.99 Å². The summed E-state index contributed by atoms with van der Waals surface area (Å²) in [6.07, 6.45) is 8.20. The van der Waals surface area contributed by atoms with E-state index in [1.54, 1.807) is 0 Å². The van der Waals surface area contributed by atoms with Gasteiger partial charge in [-0.25, -0.2) is 0 Å². The lowest BCUT2D eigenvalue weighted by Crippen LogP contribution is -2.43. The molecule has 1 saturated carbocycles. The maximum atomic E-state index is 11.3. The normalized spacial score (nSPS) is 22.9. The molecule has 0 aromatic rings. The van der Waals surface area contributed by atoms with Crippen molar-refractivity contribution in [3.05, 3.63) is 0 Å². The van der Waals surface area contributed by atoms with Crippen LogP contribution in [0.1, 0.15) is 51.9 Å². The minimum atomic E-state index is -0.150. The fourth-order valence-electron chi connectivity index (χ4n) is 3.56. The van der Waals surface area contributed by atoms with Crippen LogP contribution in [0.5, 0.6) is 0 Å². The summed E-state index contributed by atoms with van der Waals surface area (Å²) in [5.41, 5.74) is 5.43. The Labute approximate surface area is 163 Å². The van der Waals surface area contributed by atoms with Crippen molar-refractivity contribution in [2.75, 3.05) is 32.7 Å². The van der Waals surface area contributed by atoms with E-state index in [1.165, 1.54) is 25.7 Å². The van der Waals surface area contributed by atoms with Crippen molar-refractivity contribution in [3.8, 4) is 0 Å². The van der Waals surface area contributed by atoms with Crippen molar-refractivity contribution < 1.29 is 4.79 Å². The van der Waals surface area contributed by atoms with E-state index in [4.69, 9.17) is 10.7 Å². The molecule has 2 fully saturated rings. The molecule has 1 aliphatic carbocycles. The molecule has 24 heavy (non-hydrogen) atoms. The summed E-state index contributed by atoms with van der Waals surface area (Å²) in [6.45, 7) is 6.71. The second-order valence-electron chi connectivity index (χ2n) is 6.78. The van der Waals surface area contributed by atoms with Gasteiger partial charge in [0.2, 0.25) is 5.91 Å². The zero-order valence-electron chi connectivity index (χ0n) is 14.9. The first-order valence-electron chi connectivity index (χ1n) is 9.25. The number of rotatable bonds is 7. The Bertz CT molecular complexity index is 398. The monoisotopic (exact) mass is 451 g/mol. The van der Waals surface area contributed by atoms with Gasteiger partial charge < -0.3 is 21.3 Å². The topological polar surface area (TPSA) is 82.8 Å². The van der Waals surface area contributed by atoms with Crippen molar-refractivity contribution >= 4 is 35.8 Å². The number of nitrogens with one attached hydrogen (secondary N) is 2. The molecular weight excluding hydrogens is 417 g/mol. The fraction of sp³-hybridized carbons (Fsp3) is 0.882. The van der Waals surface area contributed by atoms with Crippen LogP contribution in [0.4, 0.5) is 0 Å². The summed E-state index contributed by atoms with van der Waals surface area (Å²) in [5.74, 6) is 0.838. The summed E-state index contributed by atoms with van der Waals surface area (Å²) < 4.78 is 0. The van der Waals surface area contributed by atoms with Crippen molar-refractivity contribution in [1.29, 1.82) is 0 Å². The maximum absolute atomic E-state index is 11.3. The number of halogens is 1. The van der Waals surface area contributed by atoms with Gasteiger partial charge in [-0.2, -0.15) is 0 Å². The molecule has 2 rings (SSSR count). The molecule has 1 aliphatic heterocycles. The highest BCUT2D eigenvalue weighted by atomic mass is 127. The predicted octanol–water partition coefficient (Wildman–Crippen LogP) is 1.69. The van der Waals surface area contributed by atoms with Crippen LogP contribution in [-0.4, -0.2) is 55.5 Å². The molecule has 1 unspecified atom stereocenters. The Balaban J connectivity index is 0.00000288. The molecule has 0 spiro atoms. The first kappa shape index (κ1) is 21.5. The molecule has 0 aromatic carbocycles. The van der Waals surface area contributed by atoms with E-state index in [0.29, 0.717) is 6.04 Å².